The fourth-order valence-electron chi connectivity index (χ4n) is 2.27. The van der Waals surface area contributed by atoms with Crippen molar-refractivity contribution in [2.75, 3.05) is 13.1 Å². The van der Waals surface area contributed by atoms with Crippen LogP contribution in [0.15, 0.2) is 10.3 Å². The van der Waals surface area contributed by atoms with E-state index in [9.17, 15) is 13.5 Å². The smallest absolute Gasteiger partial charge is 0.252 e. The maximum absolute atomic E-state index is 12.5. The van der Waals surface area contributed by atoms with Gasteiger partial charge in [-0.05, 0) is 44.2 Å². The van der Waals surface area contributed by atoms with Crippen LogP contribution in [0.3, 0.4) is 0 Å². The summed E-state index contributed by atoms with van der Waals surface area (Å²) in [5.74, 6) is 0.0139. The van der Waals surface area contributed by atoms with Crippen LogP contribution in [0.5, 0.6) is 0 Å². The zero-order valence-corrected chi connectivity index (χ0v) is 13.4. The quantitative estimate of drug-likeness (QED) is 0.929. The lowest BCUT2D eigenvalue weighted by molar-refractivity contribution is 0.0886. The van der Waals surface area contributed by atoms with Crippen molar-refractivity contribution in [2.24, 2.45) is 5.92 Å². The molecule has 1 saturated heterocycles. The molecule has 2 unspecified atom stereocenters. The first-order chi connectivity index (χ1) is 8.82. The Morgan fingerprint density at radius 2 is 2.26 bits per heavy atom. The number of thiophene rings is 1. The van der Waals surface area contributed by atoms with Gasteiger partial charge in [0.05, 0.1) is 10.4 Å². The second-order valence-electron chi connectivity index (χ2n) is 5.03. The Bertz CT molecular complexity index is 534. The number of nitrogens with zero attached hydrogens (tertiary/aromatic N) is 1. The predicted octanol–water partition coefficient (Wildman–Crippen LogP) is 2.49. The van der Waals surface area contributed by atoms with Gasteiger partial charge in [-0.3, -0.25) is 0 Å². The van der Waals surface area contributed by atoms with Gasteiger partial charge in [-0.1, -0.05) is 11.6 Å². The summed E-state index contributed by atoms with van der Waals surface area (Å²) < 4.78 is 27.3. The van der Waals surface area contributed by atoms with Gasteiger partial charge in [0.1, 0.15) is 4.21 Å². The number of halogens is 1. The molecule has 2 rings (SSSR count). The third kappa shape index (κ3) is 3.13. The highest BCUT2D eigenvalue weighted by Crippen LogP contribution is 2.33. The molecule has 1 fully saturated rings. The van der Waals surface area contributed by atoms with Crippen molar-refractivity contribution in [3.63, 3.8) is 0 Å². The number of aliphatic hydroxyl groups excluding tert-OH is 1. The average Bonchev–Trinajstić information content (AvgIpc) is 2.70. The molecule has 0 bridgehead atoms. The van der Waals surface area contributed by atoms with E-state index in [0.29, 0.717) is 21.6 Å². The lowest BCUT2D eigenvalue weighted by Crippen LogP contribution is -2.42. The van der Waals surface area contributed by atoms with E-state index in [1.165, 1.54) is 4.31 Å². The van der Waals surface area contributed by atoms with Crippen LogP contribution in [-0.2, 0) is 10.0 Å². The molecular weight excluding hydrogens is 306 g/mol. The van der Waals surface area contributed by atoms with Crippen molar-refractivity contribution in [1.82, 2.24) is 4.31 Å². The van der Waals surface area contributed by atoms with Crippen LogP contribution in [0.25, 0.3) is 0 Å². The number of aliphatic hydroxyl groups is 1. The molecule has 108 valence electrons. The van der Waals surface area contributed by atoms with Crippen molar-refractivity contribution in [3.8, 4) is 0 Å². The topological polar surface area (TPSA) is 57.6 Å². The van der Waals surface area contributed by atoms with Crippen molar-refractivity contribution in [3.05, 3.63) is 16.0 Å². The summed E-state index contributed by atoms with van der Waals surface area (Å²) >= 11 is 7.05. The van der Waals surface area contributed by atoms with E-state index in [1.54, 1.807) is 19.9 Å². The van der Waals surface area contributed by atoms with Gasteiger partial charge in [0.15, 0.2) is 0 Å². The molecule has 0 saturated carbocycles. The molecule has 1 aliphatic rings. The lowest BCUT2D eigenvalue weighted by atomic mass is 9.95. The number of aryl methyl sites for hydroxylation is 1. The molecule has 7 heteroatoms. The minimum Gasteiger partial charge on any atom is -0.393 e. The summed E-state index contributed by atoms with van der Waals surface area (Å²) in [7, 11) is -3.47. The second kappa shape index (κ2) is 5.69. The Hall–Kier alpha value is -0.140. The largest absolute Gasteiger partial charge is 0.393 e. The van der Waals surface area contributed by atoms with E-state index in [-0.39, 0.29) is 5.92 Å². The van der Waals surface area contributed by atoms with Crippen molar-refractivity contribution in [1.29, 1.82) is 0 Å². The highest BCUT2D eigenvalue weighted by molar-refractivity contribution is 7.91. The summed E-state index contributed by atoms with van der Waals surface area (Å²) in [6.45, 7) is 4.41. The fourth-order valence-corrected chi connectivity index (χ4v) is 5.67. The van der Waals surface area contributed by atoms with Crippen LogP contribution in [0.4, 0.5) is 0 Å². The Morgan fingerprint density at radius 1 is 1.58 bits per heavy atom. The molecular formula is C12H18ClNO3S2. The highest BCUT2D eigenvalue weighted by Gasteiger charge is 2.33. The Labute approximate surface area is 123 Å². The van der Waals surface area contributed by atoms with Gasteiger partial charge in [-0.25, -0.2) is 8.42 Å². The maximum atomic E-state index is 12.5. The van der Waals surface area contributed by atoms with Crippen molar-refractivity contribution < 1.29 is 13.5 Å². The molecule has 1 aliphatic heterocycles. The van der Waals surface area contributed by atoms with E-state index in [1.807, 2.05) is 0 Å². The standard InChI is InChI=1S/C12H18ClNO3S2/c1-8-6-11(18-12(8)13)19(16,17)14-5-3-4-10(7-14)9(2)15/h6,9-10,15H,3-5,7H2,1-2H3. The zero-order chi connectivity index (χ0) is 14.2. The van der Waals surface area contributed by atoms with E-state index >= 15 is 0 Å². The first-order valence-corrected chi connectivity index (χ1v) is 8.90. The Morgan fingerprint density at radius 3 is 2.79 bits per heavy atom. The number of hydrogen-bond donors (Lipinski definition) is 1. The van der Waals surface area contributed by atoms with Gasteiger partial charge in [-0.2, -0.15) is 4.31 Å². The zero-order valence-electron chi connectivity index (χ0n) is 11.0. The first kappa shape index (κ1) is 15.3. The van der Waals surface area contributed by atoms with Crippen LogP contribution in [0.1, 0.15) is 25.3 Å². The first-order valence-electron chi connectivity index (χ1n) is 6.26. The molecule has 2 atom stereocenters. The van der Waals surface area contributed by atoms with Gasteiger partial charge in [0, 0.05) is 13.1 Å². The number of piperidine rings is 1. The minimum atomic E-state index is -3.47. The molecule has 1 aromatic rings. The molecule has 1 aromatic heterocycles. The van der Waals surface area contributed by atoms with E-state index in [4.69, 9.17) is 11.6 Å². The molecule has 0 amide bonds. The van der Waals surface area contributed by atoms with E-state index in [2.05, 4.69) is 0 Å². The highest BCUT2D eigenvalue weighted by atomic mass is 35.5. The predicted molar refractivity (Wildman–Crippen MR) is 77.2 cm³/mol. The summed E-state index contributed by atoms with van der Waals surface area (Å²) in [5, 5.41) is 9.64. The summed E-state index contributed by atoms with van der Waals surface area (Å²) in [6.07, 6.45) is 1.17. The van der Waals surface area contributed by atoms with E-state index < -0.39 is 16.1 Å². The van der Waals surface area contributed by atoms with Crippen LogP contribution in [0.2, 0.25) is 4.34 Å². The molecule has 0 radical (unpaired) electrons. The number of rotatable bonds is 3. The van der Waals surface area contributed by atoms with Gasteiger partial charge in [-0.15, -0.1) is 11.3 Å². The third-order valence-corrected chi connectivity index (χ3v) is 7.40. The minimum absolute atomic E-state index is 0.0139. The molecule has 0 aromatic carbocycles. The summed E-state index contributed by atoms with van der Waals surface area (Å²) in [6, 6.07) is 1.62. The van der Waals surface area contributed by atoms with Gasteiger partial charge < -0.3 is 5.11 Å². The SMILES string of the molecule is Cc1cc(S(=O)(=O)N2CCCC(C(C)O)C2)sc1Cl. The summed E-state index contributed by atoms with van der Waals surface area (Å²) in [5.41, 5.74) is 0.786. The van der Waals surface area contributed by atoms with Gasteiger partial charge in [0.2, 0.25) is 0 Å². The maximum Gasteiger partial charge on any atom is 0.252 e. The van der Waals surface area contributed by atoms with E-state index in [0.717, 1.165) is 29.7 Å². The second-order valence-corrected chi connectivity index (χ2v) is 8.85. The monoisotopic (exact) mass is 323 g/mol. The van der Waals surface area contributed by atoms with Crippen LogP contribution in [0, 0.1) is 12.8 Å². The van der Waals surface area contributed by atoms with Crippen LogP contribution >= 0.6 is 22.9 Å². The lowest BCUT2D eigenvalue weighted by Gasteiger charge is -2.32. The number of hydrogen-bond acceptors (Lipinski definition) is 4. The molecule has 19 heavy (non-hydrogen) atoms. The summed E-state index contributed by atoms with van der Waals surface area (Å²) in [4.78, 5) is 0. The van der Waals surface area contributed by atoms with Gasteiger partial charge in [0.25, 0.3) is 10.0 Å². The molecule has 0 aliphatic carbocycles. The normalized spacial score (nSPS) is 23.5. The van der Waals surface area contributed by atoms with Crippen molar-refractivity contribution >= 4 is 33.0 Å². The number of sulfonamides is 1. The van der Waals surface area contributed by atoms with Crippen LogP contribution < -0.4 is 0 Å². The Balaban J connectivity index is 2.24. The molecule has 4 nitrogen and oxygen atoms in total. The van der Waals surface area contributed by atoms with Crippen LogP contribution in [-0.4, -0.2) is 37.0 Å². The van der Waals surface area contributed by atoms with Gasteiger partial charge >= 0.3 is 0 Å². The molecule has 2 heterocycles. The average molecular weight is 324 g/mol. The fraction of sp³-hybridized carbons (Fsp3) is 0.667. The Kier molecular flexibility index (Phi) is 4.57. The molecule has 1 N–H and O–H groups in total. The van der Waals surface area contributed by atoms with Crippen molar-refractivity contribution in [2.45, 2.75) is 37.0 Å². The third-order valence-electron chi connectivity index (χ3n) is 3.53. The molecule has 0 spiro atoms.